The summed E-state index contributed by atoms with van der Waals surface area (Å²) in [5.74, 6) is 1.58. The standard InChI is InChI=1S/C18H19BrO4/c1-12(2)16-10-15(8-9-17(16)21-3)22-11-13-4-6-14(7-5-13)18(20)23-19/h4-10,12H,11H2,1-3H3. The van der Waals surface area contributed by atoms with E-state index in [1.165, 1.54) is 0 Å². The molecule has 0 radical (unpaired) electrons. The van der Waals surface area contributed by atoms with E-state index in [4.69, 9.17) is 9.47 Å². The molecule has 0 aliphatic carbocycles. The molecule has 0 heterocycles. The van der Waals surface area contributed by atoms with E-state index in [1.54, 1.807) is 19.2 Å². The molecule has 0 unspecified atom stereocenters. The van der Waals surface area contributed by atoms with Crippen LogP contribution in [0.4, 0.5) is 0 Å². The molecular weight excluding hydrogens is 360 g/mol. The highest BCUT2D eigenvalue weighted by Gasteiger charge is 2.09. The number of ether oxygens (including phenoxy) is 2. The molecule has 0 atom stereocenters. The summed E-state index contributed by atoms with van der Waals surface area (Å²) in [5.41, 5.74) is 2.57. The molecule has 23 heavy (non-hydrogen) atoms. The maximum atomic E-state index is 11.4. The van der Waals surface area contributed by atoms with Crippen molar-refractivity contribution in [3.8, 4) is 11.5 Å². The van der Waals surface area contributed by atoms with Crippen molar-refractivity contribution in [1.82, 2.24) is 0 Å². The lowest BCUT2D eigenvalue weighted by atomic mass is 10.0. The highest BCUT2D eigenvalue weighted by molar-refractivity contribution is 9.06. The molecular formula is C18H19BrO4. The first kappa shape index (κ1) is 17.3. The Morgan fingerprint density at radius 3 is 2.39 bits per heavy atom. The average molecular weight is 379 g/mol. The second-order valence-corrected chi connectivity index (χ2v) is 5.73. The first-order valence-electron chi connectivity index (χ1n) is 7.27. The van der Waals surface area contributed by atoms with Crippen molar-refractivity contribution in [2.75, 3.05) is 7.11 Å². The van der Waals surface area contributed by atoms with Gasteiger partial charge in [-0.25, -0.2) is 4.79 Å². The van der Waals surface area contributed by atoms with Crippen LogP contribution in [0.25, 0.3) is 0 Å². The average Bonchev–Trinajstić information content (AvgIpc) is 2.59. The zero-order valence-electron chi connectivity index (χ0n) is 13.3. The topological polar surface area (TPSA) is 44.8 Å². The summed E-state index contributed by atoms with van der Waals surface area (Å²) in [6, 6.07) is 12.9. The van der Waals surface area contributed by atoms with E-state index in [0.717, 1.165) is 22.6 Å². The lowest BCUT2D eigenvalue weighted by Gasteiger charge is -2.14. The van der Waals surface area contributed by atoms with Crippen LogP contribution < -0.4 is 9.47 Å². The van der Waals surface area contributed by atoms with Crippen LogP contribution in [0.3, 0.4) is 0 Å². The third kappa shape index (κ3) is 4.48. The quantitative estimate of drug-likeness (QED) is 0.719. The number of halogens is 1. The largest absolute Gasteiger partial charge is 0.496 e. The van der Waals surface area contributed by atoms with Gasteiger partial charge in [0.2, 0.25) is 0 Å². The Bertz CT molecular complexity index is 665. The Labute approximate surface area is 144 Å². The molecule has 0 amide bonds. The van der Waals surface area contributed by atoms with Gasteiger partial charge in [-0.1, -0.05) is 26.0 Å². The Morgan fingerprint density at radius 2 is 1.83 bits per heavy atom. The fourth-order valence-corrected chi connectivity index (χ4v) is 2.39. The molecule has 5 heteroatoms. The first-order valence-corrected chi connectivity index (χ1v) is 7.92. The minimum Gasteiger partial charge on any atom is -0.496 e. The summed E-state index contributed by atoms with van der Waals surface area (Å²) in [5, 5.41) is 0. The first-order chi connectivity index (χ1) is 11.0. The smallest absolute Gasteiger partial charge is 0.349 e. The zero-order chi connectivity index (χ0) is 16.8. The fraction of sp³-hybridized carbons (Fsp3) is 0.278. The van der Waals surface area contributed by atoms with Gasteiger partial charge in [0.15, 0.2) is 16.3 Å². The van der Waals surface area contributed by atoms with Crippen molar-refractivity contribution in [3.63, 3.8) is 0 Å². The van der Waals surface area contributed by atoms with Crippen LogP contribution in [0.1, 0.15) is 41.3 Å². The highest BCUT2D eigenvalue weighted by atomic mass is 79.9. The van der Waals surface area contributed by atoms with Crippen LogP contribution in [0.2, 0.25) is 0 Å². The van der Waals surface area contributed by atoms with Crippen LogP contribution in [-0.4, -0.2) is 13.1 Å². The molecule has 0 aliphatic heterocycles. The predicted octanol–water partition coefficient (Wildman–Crippen LogP) is 4.86. The second-order valence-electron chi connectivity index (χ2n) is 5.41. The van der Waals surface area contributed by atoms with Gasteiger partial charge in [0.05, 0.1) is 12.7 Å². The van der Waals surface area contributed by atoms with Crippen molar-refractivity contribution in [2.45, 2.75) is 26.4 Å². The molecule has 0 bridgehead atoms. The number of rotatable bonds is 6. The number of hydrogen-bond donors (Lipinski definition) is 0. The van der Waals surface area contributed by atoms with Crippen molar-refractivity contribution < 1.29 is 18.1 Å². The Kier molecular flexibility index (Phi) is 6.04. The molecule has 0 N–H and O–H groups in total. The third-order valence-electron chi connectivity index (χ3n) is 3.49. The van der Waals surface area contributed by atoms with E-state index in [-0.39, 0.29) is 0 Å². The molecule has 2 rings (SSSR count). The fourth-order valence-electron chi connectivity index (χ4n) is 2.20. The van der Waals surface area contributed by atoms with Crippen molar-refractivity contribution in [3.05, 3.63) is 59.2 Å². The summed E-state index contributed by atoms with van der Waals surface area (Å²) >= 11 is 2.68. The van der Waals surface area contributed by atoms with Crippen LogP contribution >= 0.6 is 16.3 Å². The van der Waals surface area contributed by atoms with Gasteiger partial charge in [0, 0.05) is 5.56 Å². The predicted molar refractivity (Wildman–Crippen MR) is 92.2 cm³/mol. The second kappa shape index (κ2) is 8.02. The van der Waals surface area contributed by atoms with Crippen LogP contribution in [0.15, 0.2) is 42.5 Å². The lowest BCUT2D eigenvalue weighted by molar-refractivity contribution is 0.0782. The Morgan fingerprint density at radius 1 is 1.13 bits per heavy atom. The molecule has 0 saturated heterocycles. The Balaban J connectivity index is 2.06. The zero-order valence-corrected chi connectivity index (χ0v) is 14.9. The van der Waals surface area contributed by atoms with E-state index in [9.17, 15) is 4.79 Å². The Hall–Kier alpha value is -2.01. The molecule has 122 valence electrons. The highest BCUT2D eigenvalue weighted by Crippen LogP contribution is 2.30. The summed E-state index contributed by atoms with van der Waals surface area (Å²) < 4.78 is 15.7. The summed E-state index contributed by atoms with van der Waals surface area (Å²) in [6.45, 7) is 4.65. The van der Waals surface area contributed by atoms with Crippen LogP contribution in [0.5, 0.6) is 11.5 Å². The SMILES string of the molecule is COc1ccc(OCc2ccc(C(=O)OBr)cc2)cc1C(C)C. The van der Waals surface area contributed by atoms with Crippen molar-refractivity contribution >= 4 is 22.2 Å². The number of hydrogen-bond acceptors (Lipinski definition) is 4. The minimum atomic E-state index is -0.422. The maximum absolute atomic E-state index is 11.4. The van der Waals surface area contributed by atoms with Crippen molar-refractivity contribution in [1.29, 1.82) is 0 Å². The molecule has 4 nitrogen and oxygen atoms in total. The van der Waals surface area contributed by atoms with E-state index < -0.39 is 5.97 Å². The van der Waals surface area contributed by atoms with Gasteiger partial charge in [-0.15, -0.1) is 0 Å². The van der Waals surface area contributed by atoms with E-state index in [0.29, 0.717) is 18.1 Å². The monoisotopic (exact) mass is 378 g/mol. The number of carbonyl (C=O) groups is 1. The van der Waals surface area contributed by atoms with Gasteiger partial charge < -0.3 is 13.3 Å². The van der Waals surface area contributed by atoms with E-state index in [2.05, 4.69) is 33.9 Å². The summed E-state index contributed by atoms with van der Waals surface area (Å²) in [6.07, 6.45) is 0. The number of benzene rings is 2. The third-order valence-corrected chi connectivity index (χ3v) is 3.78. The molecule has 0 saturated carbocycles. The normalized spacial score (nSPS) is 10.5. The van der Waals surface area contributed by atoms with Gasteiger partial charge in [0.1, 0.15) is 18.1 Å². The van der Waals surface area contributed by atoms with Crippen molar-refractivity contribution in [2.24, 2.45) is 0 Å². The van der Waals surface area contributed by atoms with Gasteiger partial charge >= 0.3 is 5.97 Å². The van der Waals surface area contributed by atoms with E-state index >= 15 is 0 Å². The van der Waals surface area contributed by atoms with Gasteiger partial charge in [-0.3, -0.25) is 0 Å². The number of methoxy groups -OCH3 is 1. The summed E-state index contributed by atoms with van der Waals surface area (Å²) in [7, 11) is 1.67. The number of carbonyl (C=O) groups excluding carboxylic acids is 1. The minimum absolute atomic E-state index is 0.350. The lowest BCUT2D eigenvalue weighted by Crippen LogP contribution is -2.00. The van der Waals surface area contributed by atoms with Crippen LogP contribution in [-0.2, 0) is 10.4 Å². The van der Waals surface area contributed by atoms with Gasteiger partial charge in [-0.2, -0.15) is 0 Å². The molecule has 0 spiro atoms. The summed E-state index contributed by atoms with van der Waals surface area (Å²) in [4.78, 5) is 11.4. The molecule has 0 aromatic heterocycles. The molecule has 0 aliphatic rings. The van der Waals surface area contributed by atoms with Crippen LogP contribution in [0, 0.1) is 0 Å². The maximum Gasteiger partial charge on any atom is 0.349 e. The molecule has 2 aromatic carbocycles. The molecule has 0 fully saturated rings. The molecule has 2 aromatic rings. The van der Waals surface area contributed by atoms with Gasteiger partial charge in [-0.05, 0) is 41.8 Å². The van der Waals surface area contributed by atoms with Gasteiger partial charge in [0.25, 0.3) is 0 Å². The van der Waals surface area contributed by atoms with E-state index in [1.807, 2.05) is 30.3 Å².